The van der Waals surface area contributed by atoms with Crippen LogP contribution in [0.25, 0.3) is 10.6 Å². The zero-order valence-corrected chi connectivity index (χ0v) is 20.0. The predicted molar refractivity (Wildman–Crippen MR) is 127 cm³/mol. The first-order valence-corrected chi connectivity index (χ1v) is 12.2. The molecule has 168 valence electrons. The Balaban J connectivity index is 1.60. The summed E-state index contributed by atoms with van der Waals surface area (Å²) in [6.45, 7) is 13.1. The van der Waals surface area contributed by atoms with Gasteiger partial charge in [0.15, 0.2) is 0 Å². The molecule has 0 bridgehead atoms. The lowest BCUT2D eigenvalue weighted by Crippen LogP contribution is -2.42. The lowest BCUT2D eigenvalue weighted by atomic mass is 10.0. The monoisotopic (exact) mass is 442 g/mol. The van der Waals surface area contributed by atoms with Crippen LogP contribution in [-0.4, -0.2) is 77.3 Å². The van der Waals surface area contributed by atoms with Crippen molar-refractivity contribution in [2.45, 2.75) is 40.0 Å². The highest BCUT2D eigenvalue weighted by Crippen LogP contribution is 2.26. The normalized spacial score (nSPS) is 15.2. The number of thiazole rings is 1. The van der Waals surface area contributed by atoms with Gasteiger partial charge in [-0.3, -0.25) is 14.5 Å². The maximum atomic E-state index is 13.0. The molecule has 3 rings (SSSR count). The third-order valence-electron chi connectivity index (χ3n) is 5.90. The number of carbonyl (C=O) groups excluding carboxylic acids is 2. The second-order valence-corrected chi connectivity index (χ2v) is 9.16. The lowest BCUT2D eigenvalue weighted by molar-refractivity contribution is -0.132. The minimum atomic E-state index is -0.0155. The number of rotatable bonds is 7. The number of amides is 2. The number of carbonyl (C=O) groups is 2. The van der Waals surface area contributed by atoms with E-state index in [4.69, 9.17) is 0 Å². The van der Waals surface area contributed by atoms with Crippen LogP contribution in [0.1, 0.15) is 56.1 Å². The lowest BCUT2D eigenvalue weighted by Gasteiger charge is -2.25. The first-order chi connectivity index (χ1) is 14.9. The van der Waals surface area contributed by atoms with Crippen LogP contribution in [0.5, 0.6) is 0 Å². The van der Waals surface area contributed by atoms with Gasteiger partial charge in [0.2, 0.25) is 5.91 Å². The molecule has 31 heavy (non-hydrogen) atoms. The number of hydrogen-bond acceptors (Lipinski definition) is 5. The van der Waals surface area contributed by atoms with Crippen LogP contribution in [0.4, 0.5) is 0 Å². The number of hydrogen-bond donors (Lipinski definition) is 0. The summed E-state index contributed by atoms with van der Waals surface area (Å²) >= 11 is 1.51. The molecule has 0 radical (unpaired) electrons. The maximum absolute atomic E-state index is 13.0. The van der Waals surface area contributed by atoms with Gasteiger partial charge in [0.05, 0.1) is 6.54 Å². The first kappa shape index (κ1) is 23.4. The van der Waals surface area contributed by atoms with Crippen LogP contribution in [-0.2, 0) is 4.79 Å². The minimum absolute atomic E-state index is 0.0155. The van der Waals surface area contributed by atoms with Gasteiger partial charge in [-0.1, -0.05) is 38.1 Å². The van der Waals surface area contributed by atoms with Crippen LogP contribution in [0.15, 0.2) is 29.6 Å². The Morgan fingerprint density at radius 1 is 1.06 bits per heavy atom. The Bertz CT molecular complexity index is 874. The van der Waals surface area contributed by atoms with Gasteiger partial charge in [0.1, 0.15) is 10.7 Å². The van der Waals surface area contributed by atoms with E-state index in [1.165, 1.54) is 16.9 Å². The van der Waals surface area contributed by atoms with Crippen LogP contribution in [0.2, 0.25) is 0 Å². The number of likely N-dealkylation sites (N-methyl/N-ethyl adjacent to an activating group) is 1. The van der Waals surface area contributed by atoms with E-state index in [2.05, 4.69) is 48.0 Å². The highest BCUT2D eigenvalue weighted by atomic mass is 32.1. The second-order valence-electron chi connectivity index (χ2n) is 8.30. The van der Waals surface area contributed by atoms with Crippen molar-refractivity contribution in [2.24, 2.45) is 0 Å². The zero-order valence-electron chi connectivity index (χ0n) is 19.1. The van der Waals surface area contributed by atoms with E-state index in [0.29, 0.717) is 37.8 Å². The van der Waals surface area contributed by atoms with Crippen molar-refractivity contribution in [2.75, 3.05) is 45.8 Å². The van der Waals surface area contributed by atoms with E-state index in [-0.39, 0.29) is 11.8 Å². The summed E-state index contributed by atoms with van der Waals surface area (Å²) in [5.41, 5.74) is 2.86. The van der Waals surface area contributed by atoms with Crippen molar-refractivity contribution in [3.63, 3.8) is 0 Å². The van der Waals surface area contributed by atoms with Crippen molar-refractivity contribution >= 4 is 23.2 Å². The largest absolute Gasteiger partial charge is 0.342 e. The van der Waals surface area contributed by atoms with Crippen molar-refractivity contribution in [3.8, 4) is 10.6 Å². The van der Waals surface area contributed by atoms with Gasteiger partial charge in [-0.05, 0) is 31.7 Å². The molecule has 0 N–H and O–H groups in total. The molecule has 1 aromatic heterocycles. The van der Waals surface area contributed by atoms with E-state index in [9.17, 15) is 9.59 Å². The molecule has 1 saturated heterocycles. The molecule has 0 unspecified atom stereocenters. The topological polar surface area (TPSA) is 56.8 Å². The van der Waals surface area contributed by atoms with Crippen LogP contribution in [0, 0.1) is 0 Å². The average molecular weight is 443 g/mol. The molecule has 1 aromatic carbocycles. The van der Waals surface area contributed by atoms with Crippen molar-refractivity contribution in [3.05, 3.63) is 40.9 Å². The van der Waals surface area contributed by atoms with Gasteiger partial charge in [0.25, 0.3) is 5.91 Å². The van der Waals surface area contributed by atoms with Gasteiger partial charge in [-0.2, -0.15) is 0 Å². The Kier molecular flexibility index (Phi) is 8.21. The number of aromatic nitrogens is 1. The summed E-state index contributed by atoms with van der Waals surface area (Å²) < 4.78 is 0. The third kappa shape index (κ3) is 5.92. The summed E-state index contributed by atoms with van der Waals surface area (Å²) in [5.74, 6) is 0.642. The molecule has 0 spiro atoms. The van der Waals surface area contributed by atoms with Gasteiger partial charge < -0.3 is 9.80 Å². The molecular weight excluding hydrogens is 408 g/mol. The van der Waals surface area contributed by atoms with Gasteiger partial charge in [-0.15, -0.1) is 11.3 Å². The number of benzene rings is 1. The molecule has 7 heteroatoms. The highest BCUT2D eigenvalue weighted by Gasteiger charge is 2.24. The molecule has 2 amide bonds. The third-order valence-corrected chi connectivity index (χ3v) is 6.79. The smallest absolute Gasteiger partial charge is 0.273 e. The van der Waals surface area contributed by atoms with Gasteiger partial charge in [-0.25, -0.2) is 4.98 Å². The Labute approximate surface area is 189 Å². The molecule has 2 heterocycles. The molecule has 1 aliphatic rings. The van der Waals surface area contributed by atoms with Crippen molar-refractivity contribution < 1.29 is 9.59 Å². The van der Waals surface area contributed by atoms with E-state index in [1.807, 2.05) is 29.0 Å². The quantitative estimate of drug-likeness (QED) is 0.652. The fourth-order valence-corrected chi connectivity index (χ4v) is 4.68. The minimum Gasteiger partial charge on any atom is -0.342 e. The van der Waals surface area contributed by atoms with E-state index < -0.39 is 0 Å². The van der Waals surface area contributed by atoms with Gasteiger partial charge >= 0.3 is 0 Å². The fraction of sp³-hybridized carbons (Fsp3) is 0.542. The average Bonchev–Trinajstić information content (AvgIpc) is 3.15. The van der Waals surface area contributed by atoms with E-state index in [1.54, 1.807) is 0 Å². The van der Waals surface area contributed by atoms with E-state index in [0.717, 1.165) is 36.6 Å². The molecule has 1 fully saturated rings. The molecule has 0 saturated carbocycles. The maximum Gasteiger partial charge on any atom is 0.273 e. The summed E-state index contributed by atoms with van der Waals surface area (Å²) in [6.07, 6.45) is 0.866. The van der Waals surface area contributed by atoms with Gasteiger partial charge in [0, 0.05) is 50.2 Å². The number of nitrogens with zero attached hydrogens (tertiary/aromatic N) is 4. The summed E-state index contributed by atoms with van der Waals surface area (Å²) in [4.78, 5) is 36.0. The molecule has 0 atom stereocenters. The highest BCUT2D eigenvalue weighted by molar-refractivity contribution is 7.13. The van der Waals surface area contributed by atoms with Crippen LogP contribution >= 0.6 is 11.3 Å². The molecule has 0 aliphatic carbocycles. The molecule has 6 nitrogen and oxygen atoms in total. The van der Waals surface area contributed by atoms with Crippen LogP contribution < -0.4 is 0 Å². The first-order valence-electron chi connectivity index (χ1n) is 11.3. The zero-order chi connectivity index (χ0) is 22.4. The Hall–Kier alpha value is -2.25. The van der Waals surface area contributed by atoms with Crippen molar-refractivity contribution in [1.29, 1.82) is 0 Å². The molecule has 1 aliphatic heterocycles. The summed E-state index contributed by atoms with van der Waals surface area (Å²) in [6, 6.07) is 8.43. The fourth-order valence-electron chi connectivity index (χ4n) is 3.88. The van der Waals surface area contributed by atoms with Crippen LogP contribution in [0.3, 0.4) is 0 Å². The Morgan fingerprint density at radius 2 is 1.77 bits per heavy atom. The molecule has 2 aromatic rings. The SMILES string of the molecule is CCN(CC)C(=O)CN1CCCN(C(=O)c2csc(-c3ccc(C(C)C)cc3)n2)CC1. The van der Waals surface area contributed by atoms with E-state index >= 15 is 0 Å². The summed E-state index contributed by atoms with van der Waals surface area (Å²) in [5, 5.41) is 2.74. The Morgan fingerprint density at radius 3 is 2.42 bits per heavy atom. The predicted octanol–water partition coefficient (Wildman–Crippen LogP) is 3.95. The van der Waals surface area contributed by atoms with Crippen molar-refractivity contribution in [1.82, 2.24) is 19.7 Å². The molecular formula is C24H34N4O2S. The standard InChI is InChI=1S/C24H34N4O2S/c1-5-27(6-2)22(29)16-26-12-7-13-28(15-14-26)24(30)21-17-31-23(25-21)20-10-8-19(9-11-20)18(3)4/h8-11,17-18H,5-7,12-16H2,1-4H3. The second kappa shape index (κ2) is 10.9. The summed E-state index contributed by atoms with van der Waals surface area (Å²) in [7, 11) is 0.